The normalized spacial score (nSPS) is 19.8. The standard InChI is InChI=1S/C25H25N5O3/c1-25(18-7-3-2-4-8-18)23(32)30(24(33)28-25)16-21(31)27-19-12-10-17(11-13-19)22-26-15-20-9-5-6-14-29(20)22/h2-4,7-8,10-13,15H,5-6,9,14,16H2,1H3,(H,27,31)(H,28,33). The average molecular weight is 444 g/mol. The fourth-order valence-corrected chi connectivity index (χ4v) is 4.52. The highest BCUT2D eigenvalue weighted by atomic mass is 16.2. The zero-order valence-electron chi connectivity index (χ0n) is 18.4. The molecule has 0 radical (unpaired) electrons. The van der Waals surface area contributed by atoms with Gasteiger partial charge in [-0.1, -0.05) is 30.3 Å². The summed E-state index contributed by atoms with van der Waals surface area (Å²) in [5.41, 5.74) is 2.30. The van der Waals surface area contributed by atoms with Gasteiger partial charge >= 0.3 is 6.03 Å². The van der Waals surface area contributed by atoms with Crippen LogP contribution in [0.3, 0.4) is 0 Å². The van der Waals surface area contributed by atoms with E-state index in [4.69, 9.17) is 0 Å². The minimum atomic E-state index is -1.19. The summed E-state index contributed by atoms with van der Waals surface area (Å²) in [6, 6.07) is 15.9. The fraction of sp³-hybridized carbons (Fsp3) is 0.280. The second-order valence-corrected chi connectivity index (χ2v) is 8.62. The van der Waals surface area contributed by atoms with E-state index in [2.05, 4.69) is 20.2 Å². The lowest BCUT2D eigenvalue weighted by atomic mass is 9.92. The van der Waals surface area contributed by atoms with Crippen LogP contribution in [0.5, 0.6) is 0 Å². The first-order valence-electron chi connectivity index (χ1n) is 11.1. The van der Waals surface area contributed by atoms with Crippen molar-refractivity contribution in [3.63, 3.8) is 0 Å². The van der Waals surface area contributed by atoms with Gasteiger partial charge < -0.3 is 15.2 Å². The maximum atomic E-state index is 13.0. The number of carbonyl (C=O) groups excluding carboxylic acids is 3. The van der Waals surface area contributed by atoms with Crippen LogP contribution in [0.4, 0.5) is 10.5 Å². The number of nitrogens with zero attached hydrogens (tertiary/aromatic N) is 3. The number of hydrogen-bond donors (Lipinski definition) is 2. The first-order chi connectivity index (χ1) is 16.0. The van der Waals surface area contributed by atoms with Crippen molar-refractivity contribution < 1.29 is 14.4 Å². The number of carbonyl (C=O) groups is 3. The quantitative estimate of drug-likeness (QED) is 0.592. The van der Waals surface area contributed by atoms with Crippen LogP contribution >= 0.6 is 0 Å². The molecule has 2 aliphatic heterocycles. The van der Waals surface area contributed by atoms with Crippen LogP contribution in [0.15, 0.2) is 60.8 Å². The minimum absolute atomic E-state index is 0.359. The number of aromatic nitrogens is 2. The number of aryl methyl sites for hydroxylation is 1. The van der Waals surface area contributed by atoms with E-state index in [1.807, 2.05) is 24.4 Å². The summed E-state index contributed by atoms with van der Waals surface area (Å²) in [6.07, 6.45) is 5.33. The van der Waals surface area contributed by atoms with Gasteiger partial charge in [-0.2, -0.15) is 0 Å². The summed E-state index contributed by atoms with van der Waals surface area (Å²) in [7, 11) is 0. The molecule has 1 unspecified atom stereocenters. The van der Waals surface area contributed by atoms with Crippen LogP contribution < -0.4 is 10.6 Å². The molecule has 2 N–H and O–H groups in total. The molecule has 2 aromatic carbocycles. The molecular weight excluding hydrogens is 418 g/mol. The molecule has 0 aliphatic carbocycles. The number of urea groups is 1. The van der Waals surface area contributed by atoms with Crippen LogP contribution in [0.2, 0.25) is 0 Å². The van der Waals surface area contributed by atoms with Crippen molar-refractivity contribution in [3.8, 4) is 11.4 Å². The van der Waals surface area contributed by atoms with Crippen molar-refractivity contribution in [3.05, 3.63) is 72.1 Å². The first-order valence-corrected chi connectivity index (χ1v) is 11.1. The van der Waals surface area contributed by atoms with E-state index >= 15 is 0 Å². The van der Waals surface area contributed by atoms with Crippen LogP contribution in [0.1, 0.15) is 31.0 Å². The zero-order valence-corrected chi connectivity index (χ0v) is 18.4. The molecule has 0 saturated carbocycles. The Kier molecular flexibility index (Phi) is 5.20. The van der Waals surface area contributed by atoms with E-state index in [0.29, 0.717) is 11.3 Å². The molecule has 0 bridgehead atoms. The van der Waals surface area contributed by atoms with Gasteiger partial charge in [-0.15, -0.1) is 0 Å². The highest BCUT2D eigenvalue weighted by Crippen LogP contribution is 2.29. The number of fused-ring (bicyclic) bond motifs is 1. The van der Waals surface area contributed by atoms with Crippen molar-refractivity contribution >= 4 is 23.5 Å². The molecule has 33 heavy (non-hydrogen) atoms. The number of imidazole rings is 1. The summed E-state index contributed by atoms with van der Waals surface area (Å²) >= 11 is 0. The summed E-state index contributed by atoms with van der Waals surface area (Å²) in [5, 5.41) is 5.48. The third kappa shape index (κ3) is 3.77. The van der Waals surface area contributed by atoms with Gasteiger partial charge in [0.15, 0.2) is 0 Å². The number of imide groups is 1. The maximum absolute atomic E-state index is 13.0. The highest BCUT2D eigenvalue weighted by Gasteiger charge is 2.49. The molecule has 4 amide bonds. The Morgan fingerprint density at radius 2 is 1.85 bits per heavy atom. The summed E-state index contributed by atoms with van der Waals surface area (Å²) in [4.78, 5) is 43.6. The smallest absolute Gasteiger partial charge is 0.325 e. The van der Waals surface area contributed by atoms with E-state index in [1.165, 1.54) is 12.1 Å². The van der Waals surface area contributed by atoms with Crippen molar-refractivity contribution in [2.24, 2.45) is 0 Å². The zero-order chi connectivity index (χ0) is 23.0. The van der Waals surface area contributed by atoms with Gasteiger partial charge in [0.2, 0.25) is 5.91 Å². The van der Waals surface area contributed by atoms with E-state index in [0.717, 1.165) is 35.7 Å². The largest absolute Gasteiger partial charge is 0.328 e. The van der Waals surface area contributed by atoms with Crippen LogP contribution in [-0.4, -0.2) is 38.8 Å². The van der Waals surface area contributed by atoms with Gasteiger partial charge in [-0.25, -0.2) is 9.78 Å². The second-order valence-electron chi connectivity index (χ2n) is 8.62. The SMILES string of the molecule is CC1(c2ccccc2)NC(=O)N(CC(=O)Nc2ccc(-c3ncc4n3CCCC4)cc2)C1=O. The van der Waals surface area contributed by atoms with Gasteiger partial charge in [-0.3, -0.25) is 14.5 Å². The molecule has 1 aromatic heterocycles. The molecule has 168 valence electrons. The fourth-order valence-electron chi connectivity index (χ4n) is 4.52. The van der Waals surface area contributed by atoms with Crippen molar-refractivity contribution in [1.82, 2.24) is 19.8 Å². The van der Waals surface area contributed by atoms with E-state index in [-0.39, 0.29) is 6.54 Å². The molecule has 1 saturated heterocycles. The Balaban J connectivity index is 1.25. The Labute approximate surface area is 191 Å². The molecule has 2 aliphatic rings. The van der Waals surface area contributed by atoms with Crippen LogP contribution in [0.25, 0.3) is 11.4 Å². The average Bonchev–Trinajstić information content (AvgIpc) is 3.35. The number of anilines is 1. The van der Waals surface area contributed by atoms with Crippen LogP contribution in [0, 0.1) is 0 Å². The first kappa shape index (κ1) is 20.9. The van der Waals surface area contributed by atoms with Crippen molar-refractivity contribution in [2.45, 2.75) is 38.3 Å². The summed E-state index contributed by atoms with van der Waals surface area (Å²) in [6.45, 7) is 2.26. The predicted octanol–water partition coefficient (Wildman–Crippen LogP) is 3.29. The van der Waals surface area contributed by atoms with Gasteiger partial charge in [0.25, 0.3) is 5.91 Å². The van der Waals surface area contributed by atoms with E-state index in [1.54, 1.807) is 43.3 Å². The summed E-state index contributed by atoms with van der Waals surface area (Å²) in [5.74, 6) is 0.0390. The number of hydrogen-bond acceptors (Lipinski definition) is 4. The summed E-state index contributed by atoms with van der Waals surface area (Å²) < 4.78 is 2.25. The molecule has 1 atom stereocenters. The topological polar surface area (TPSA) is 96.3 Å². The molecule has 3 heterocycles. The van der Waals surface area contributed by atoms with Gasteiger partial charge in [0.05, 0.1) is 0 Å². The van der Waals surface area contributed by atoms with Crippen molar-refractivity contribution in [2.75, 3.05) is 11.9 Å². The third-order valence-corrected chi connectivity index (χ3v) is 6.36. The van der Waals surface area contributed by atoms with E-state index < -0.39 is 23.4 Å². The maximum Gasteiger partial charge on any atom is 0.325 e. The minimum Gasteiger partial charge on any atom is -0.328 e. The van der Waals surface area contributed by atoms with Gasteiger partial charge in [0.1, 0.15) is 17.9 Å². The lowest BCUT2D eigenvalue weighted by Crippen LogP contribution is -2.42. The highest BCUT2D eigenvalue weighted by molar-refractivity contribution is 6.10. The molecule has 8 heteroatoms. The third-order valence-electron chi connectivity index (χ3n) is 6.36. The monoisotopic (exact) mass is 443 g/mol. The Hall–Kier alpha value is -3.94. The van der Waals surface area contributed by atoms with Crippen LogP contribution in [-0.2, 0) is 28.1 Å². The molecule has 8 nitrogen and oxygen atoms in total. The van der Waals surface area contributed by atoms with Gasteiger partial charge in [0, 0.05) is 29.7 Å². The Bertz CT molecular complexity index is 1220. The molecule has 3 aromatic rings. The molecule has 1 fully saturated rings. The number of benzene rings is 2. The second kappa shape index (κ2) is 8.20. The molecular formula is C25H25N5O3. The molecule has 0 spiro atoms. The van der Waals surface area contributed by atoms with Gasteiger partial charge in [-0.05, 0) is 56.0 Å². The number of rotatable bonds is 5. The Morgan fingerprint density at radius 3 is 2.61 bits per heavy atom. The van der Waals surface area contributed by atoms with Crippen molar-refractivity contribution in [1.29, 1.82) is 0 Å². The number of amides is 4. The number of nitrogens with one attached hydrogen (secondary N) is 2. The Morgan fingerprint density at radius 1 is 1.09 bits per heavy atom. The lowest BCUT2D eigenvalue weighted by molar-refractivity contribution is -0.133. The predicted molar refractivity (Wildman–Crippen MR) is 123 cm³/mol. The molecule has 5 rings (SSSR count). The van der Waals surface area contributed by atoms with E-state index in [9.17, 15) is 14.4 Å². The lowest BCUT2D eigenvalue weighted by Gasteiger charge is -2.22.